The van der Waals surface area contributed by atoms with Crippen molar-refractivity contribution in [2.75, 3.05) is 0 Å². The molecule has 0 radical (unpaired) electrons. The quantitative estimate of drug-likeness (QED) is 0.414. The van der Waals surface area contributed by atoms with Crippen molar-refractivity contribution in [1.29, 1.82) is 0 Å². The molecule has 4 aromatic rings. The third-order valence-electron chi connectivity index (χ3n) is 4.11. The molecule has 4 rings (SSSR count). The van der Waals surface area contributed by atoms with Gasteiger partial charge < -0.3 is 4.74 Å². The summed E-state index contributed by atoms with van der Waals surface area (Å²) in [5.41, 5.74) is 1.37. The topological polar surface area (TPSA) is 48.3 Å². The smallest absolute Gasteiger partial charge is 0.344 e. The van der Waals surface area contributed by atoms with Crippen molar-refractivity contribution in [2.24, 2.45) is 0 Å². The third-order valence-corrected chi connectivity index (χ3v) is 4.11. The Morgan fingerprint density at radius 1 is 0.769 bits per heavy atom. The summed E-state index contributed by atoms with van der Waals surface area (Å²) in [4.78, 5) is 25.4. The van der Waals surface area contributed by atoms with Crippen molar-refractivity contribution in [1.82, 2.24) is 4.57 Å². The summed E-state index contributed by atoms with van der Waals surface area (Å²) >= 11 is 0. The van der Waals surface area contributed by atoms with Crippen molar-refractivity contribution in [3.63, 3.8) is 0 Å². The van der Waals surface area contributed by atoms with Gasteiger partial charge in [-0.15, -0.1) is 0 Å². The number of fused-ring (bicyclic) bond motifs is 1. The first-order chi connectivity index (χ1) is 12.7. The molecule has 126 valence electrons. The van der Waals surface area contributed by atoms with Crippen LogP contribution in [0.5, 0.6) is 5.75 Å². The molecular weight excluding hydrogens is 326 g/mol. The normalized spacial score (nSPS) is 10.6. The predicted octanol–water partition coefficient (Wildman–Crippen LogP) is 4.21. The maximum atomic E-state index is 12.8. The minimum atomic E-state index is -0.551. The zero-order valence-electron chi connectivity index (χ0n) is 13.8. The number of nitrogens with zero attached hydrogens (tertiary/aromatic N) is 1. The van der Waals surface area contributed by atoms with Crippen molar-refractivity contribution in [2.45, 2.75) is 0 Å². The zero-order chi connectivity index (χ0) is 17.9. The van der Waals surface area contributed by atoms with Gasteiger partial charge >= 0.3 is 5.97 Å². The van der Waals surface area contributed by atoms with Crippen LogP contribution in [0, 0.1) is 0 Å². The molecule has 0 amide bonds. The first-order valence-corrected chi connectivity index (χ1v) is 8.21. The zero-order valence-corrected chi connectivity index (χ0v) is 13.8. The van der Waals surface area contributed by atoms with Crippen LogP contribution in [0.2, 0.25) is 0 Å². The van der Waals surface area contributed by atoms with E-state index in [1.807, 2.05) is 60.7 Å². The van der Waals surface area contributed by atoms with Crippen LogP contribution in [0.25, 0.3) is 16.6 Å². The lowest BCUT2D eigenvalue weighted by atomic mass is 10.1. The van der Waals surface area contributed by atoms with E-state index in [-0.39, 0.29) is 11.1 Å². The second-order valence-corrected chi connectivity index (χ2v) is 5.79. The van der Waals surface area contributed by atoms with E-state index in [0.29, 0.717) is 16.7 Å². The molecule has 3 aromatic carbocycles. The Balaban J connectivity index is 1.88. The summed E-state index contributed by atoms with van der Waals surface area (Å²) < 4.78 is 7.01. The fraction of sp³-hybridized carbons (Fsp3) is 0. The van der Waals surface area contributed by atoms with Crippen LogP contribution >= 0.6 is 0 Å². The van der Waals surface area contributed by atoms with E-state index >= 15 is 0 Å². The van der Waals surface area contributed by atoms with Crippen LogP contribution in [-0.4, -0.2) is 10.5 Å². The number of para-hydroxylation sites is 3. The molecule has 0 N–H and O–H groups in total. The molecule has 0 atom stereocenters. The fourth-order valence-electron chi connectivity index (χ4n) is 2.94. The molecule has 0 aliphatic carbocycles. The van der Waals surface area contributed by atoms with Gasteiger partial charge in [-0.05, 0) is 30.3 Å². The summed E-state index contributed by atoms with van der Waals surface area (Å²) in [6, 6.07) is 26.8. The lowest BCUT2D eigenvalue weighted by Gasteiger charge is -2.13. The molecule has 0 fully saturated rings. The van der Waals surface area contributed by atoms with Crippen LogP contribution < -0.4 is 10.3 Å². The van der Waals surface area contributed by atoms with Gasteiger partial charge in [-0.1, -0.05) is 54.6 Å². The Labute approximate surface area is 149 Å². The summed E-state index contributed by atoms with van der Waals surface area (Å²) in [5, 5.41) is 0.664. The number of benzene rings is 3. The van der Waals surface area contributed by atoms with Gasteiger partial charge in [0.05, 0.1) is 11.1 Å². The summed E-state index contributed by atoms with van der Waals surface area (Å²) in [6.07, 6.45) is 0. The lowest BCUT2D eigenvalue weighted by Crippen LogP contribution is -2.22. The Kier molecular flexibility index (Phi) is 4.07. The highest BCUT2D eigenvalue weighted by Gasteiger charge is 2.17. The van der Waals surface area contributed by atoms with Gasteiger partial charge in [0.2, 0.25) is 0 Å². The second kappa shape index (κ2) is 6.69. The SMILES string of the molecule is O=C(Oc1ccccc1)c1cc(=O)n(-c2ccccc2)c2ccccc12. The Hall–Kier alpha value is -3.66. The fourth-order valence-corrected chi connectivity index (χ4v) is 2.94. The molecule has 0 spiro atoms. The molecule has 1 aromatic heterocycles. The minimum absolute atomic E-state index is 0.252. The lowest BCUT2D eigenvalue weighted by molar-refractivity contribution is 0.0736. The monoisotopic (exact) mass is 341 g/mol. The highest BCUT2D eigenvalue weighted by molar-refractivity contribution is 6.04. The van der Waals surface area contributed by atoms with E-state index in [1.165, 1.54) is 6.07 Å². The summed E-state index contributed by atoms with van der Waals surface area (Å²) in [6.45, 7) is 0. The molecule has 0 unspecified atom stereocenters. The van der Waals surface area contributed by atoms with Gasteiger partial charge in [0.1, 0.15) is 5.75 Å². The number of carbonyl (C=O) groups is 1. The third kappa shape index (κ3) is 2.89. The molecule has 4 nitrogen and oxygen atoms in total. The molecule has 0 saturated carbocycles. The number of rotatable bonds is 3. The van der Waals surface area contributed by atoms with Gasteiger partial charge in [-0.25, -0.2) is 4.79 Å². The van der Waals surface area contributed by atoms with E-state index in [2.05, 4.69) is 0 Å². The number of pyridine rings is 1. The second-order valence-electron chi connectivity index (χ2n) is 5.79. The van der Waals surface area contributed by atoms with Crippen molar-refractivity contribution >= 4 is 16.9 Å². The Morgan fingerprint density at radius 2 is 1.38 bits per heavy atom. The number of ether oxygens (including phenoxy) is 1. The van der Waals surface area contributed by atoms with E-state index in [9.17, 15) is 9.59 Å². The number of aromatic nitrogens is 1. The van der Waals surface area contributed by atoms with E-state index < -0.39 is 5.97 Å². The standard InChI is InChI=1S/C22H15NO3/c24-21-15-19(22(25)26-17-11-5-2-6-12-17)18-13-7-8-14-20(18)23(21)16-9-3-1-4-10-16/h1-15H. The van der Waals surface area contributed by atoms with Crippen molar-refractivity contribution in [3.8, 4) is 11.4 Å². The molecule has 1 heterocycles. The number of carbonyl (C=O) groups excluding carboxylic acids is 1. The van der Waals surface area contributed by atoms with Gasteiger partial charge in [-0.2, -0.15) is 0 Å². The van der Waals surface area contributed by atoms with Gasteiger partial charge in [0.15, 0.2) is 0 Å². The maximum absolute atomic E-state index is 12.8. The highest BCUT2D eigenvalue weighted by Crippen LogP contribution is 2.21. The first-order valence-electron chi connectivity index (χ1n) is 8.21. The molecule has 0 aliphatic heterocycles. The number of esters is 1. The molecule has 26 heavy (non-hydrogen) atoms. The van der Waals surface area contributed by atoms with Gasteiger partial charge in [0.25, 0.3) is 5.56 Å². The molecular formula is C22H15NO3. The van der Waals surface area contributed by atoms with Crippen molar-refractivity contribution in [3.05, 3.63) is 107 Å². The van der Waals surface area contributed by atoms with Crippen molar-refractivity contribution < 1.29 is 9.53 Å². The Bertz CT molecular complexity index is 1130. The van der Waals surface area contributed by atoms with Crippen LogP contribution in [-0.2, 0) is 0 Å². The van der Waals surface area contributed by atoms with Crippen LogP contribution in [0.3, 0.4) is 0 Å². The maximum Gasteiger partial charge on any atom is 0.344 e. The average Bonchev–Trinajstić information content (AvgIpc) is 2.69. The van der Waals surface area contributed by atoms with Gasteiger partial charge in [-0.3, -0.25) is 9.36 Å². The number of hydrogen-bond donors (Lipinski definition) is 0. The van der Waals surface area contributed by atoms with E-state index in [0.717, 1.165) is 5.69 Å². The number of hydrogen-bond acceptors (Lipinski definition) is 3. The van der Waals surface area contributed by atoms with E-state index in [1.54, 1.807) is 28.8 Å². The van der Waals surface area contributed by atoms with Crippen LogP contribution in [0.15, 0.2) is 95.8 Å². The molecule has 4 heteroatoms. The highest BCUT2D eigenvalue weighted by atomic mass is 16.5. The largest absolute Gasteiger partial charge is 0.423 e. The minimum Gasteiger partial charge on any atom is -0.423 e. The van der Waals surface area contributed by atoms with Gasteiger partial charge in [0, 0.05) is 17.1 Å². The molecule has 0 bridgehead atoms. The van der Waals surface area contributed by atoms with Crippen LogP contribution in [0.1, 0.15) is 10.4 Å². The summed E-state index contributed by atoms with van der Waals surface area (Å²) in [5.74, 6) is -0.112. The molecule has 0 aliphatic rings. The summed E-state index contributed by atoms with van der Waals surface area (Å²) in [7, 11) is 0. The molecule has 0 saturated heterocycles. The van der Waals surface area contributed by atoms with E-state index in [4.69, 9.17) is 4.74 Å². The first kappa shape index (κ1) is 15.8. The van der Waals surface area contributed by atoms with Crippen LogP contribution in [0.4, 0.5) is 0 Å². The predicted molar refractivity (Wildman–Crippen MR) is 101 cm³/mol. The Morgan fingerprint density at radius 3 is 2.12 bits per heavy atom. The average molecular weight is 341 g/mol.